The van der Waals surface area contributed by atoms with Gasteiger partial charge in [0.15, 0.2) is 5.52 Å². The molecule has 0 unspecified atom stereocenters. The molecule has 0 spiro atoms. The van der Waals surface area contributed by atoms with Gasteiger partial charge >= 0.3 is 11.5 Å². The number of hydrogen-bond donors (Lipinski definition) is 0. The fraction of sp³-hybridized carbons (Fsp3) is 0.300. The largest absolute Gasteiger partial charge is 0.337 e. The monoisotopic (exact) mass is 234 g/mol. The molecule has 0 radical (unpaired) electrons. The summed E-state index contributed by atoms with van der Waals surface area (Å²) in [7, 11) is 0. The van der Waals surface area contributed by atoms with Crippen LogP contribution in [0.25, 0.3) is 11.0 Å². The summed E-state index contributed by atoms with van der Waals surface area (Å²) in [5, 5.41) is 7.23. The summed E-state index contributed by atoms with van der Waals surface area (Å²) < 4.78 is 0. The average Bonchev–Trinajstić information content (AvgIpc) is 2.33. The quantitative estimate of drug-likeness (QED) is 0.668. The zero-order chi connectivity index (χ0) is 12.4. The number of nitrogens with zero attached hydrogens (tertiary/aromatic N) is 4. The standard InChI is InChI=1S/C10H10N4O3/c1-6(2)10(16)17-14-9(15)8-7(12-13-14)4-3-5-11-8/h3-6H,1-2H3. The molecule has 88 valence electrons. The van der Waals surface area contributed by atoms with Crippen molar-refractivity contribution in [3.8, 4) is 0 Å². The molecule has 7 heteroatoms. The number of aromatic nitrogens is 4. The fourth-order valence-electron chi connectivity index (χ4n) is 1.11. The van der Waals surface area contributed by atoms with Crippen LogP contribution in [0.3, 0.4) is 0 Å². The van der Waals surface area contributed by atoms with Gasteiger partial charge in [-0.25, -0.2) is 9.78 Å². The first-order chi connectivity index (χ1) is 8.09. The number of rotatable bonds is 2. The Bertz CT molecular complexity index is 620. The number of carbonyl (C=O) groups is 1. The van der Waals surface area contributed by atoms with Gasteiger partial charge in [0.25, 0.3) is 0 Å². The van der Waals surface area contributed by atoms with Gasteiger partial charge in [-0.15, -0.1) is 5.10 Å². The second-order valence-electron chi connectivity index (χ2n) is 3.70. The highest BCUT2D eigenvalue weighted by Gasteiger charge is 2.14. The molecule has 0 atom stereocenters. The third kappa shape index (κ3) is 2.12. The van der Waals surface area contributed by atoms with E-state index in [0.717, 1.165) is 0 Å². The lowest BCUT2D eigenvalue weighted by Crippen LogP contribution is -2.35. The van der Waals surface area contributed by atoms with E-state index in [4.69, 9.17) is 4.84 Å². The molecule has 2 heterocycles. The maximum Gasteiger partial charge on any atom is 0.337 e. The minimum Gasteiger partial charge on any atom is -0.314 e. The lowest BCUT2D eigenvalue weighted by atomic mass is 10.2. The average molecular weight is 234 g/mol. The van der Waals surface area contributed by atoms with Crippen LogP contribution in [0.1, 0.15) is 13.8 Å². The van der Waals surface area contributed by atoms with Crippen LogP contribution in [0.15, 0.2) is 23.1 Å². The summed E-state index contributed by atoms with van der Waals surface area (Å²) in [6.07, 6.45) is 1.46. The van der Waals surface area contributed by atoms with Crippen molar-refractivity contribution in [2.24, 2.45) is 5.92 Å². The van der Waals surface area contributed by atoms with Crippen molar-refractivity contribution in [3.63, 3.8) is 0 Å². The maximum absolute atomic E-state index is 11.8. The summed E-state index contributed by atoms with van der Waals surface area (Å²) in [6.45, 7) is 3.31. The molecule has 0 aliphatic heterocycles. The highest BCUT2D eigenvalue weighted by atomic mass is 16.7. The van der Waals surface area contributed by atoms with Crippen molar-refractivity contribution >= 4 is 17.0 Å². The van der Waals surface area contributed by atoms with Gasteiger partial charge in [0.05, 0.1) is 5.92 Å². The second kappa shape index (κ2) is 4.28. The Labute approximate surface area is 96.0 Å². The predicted molar refractivity (Wildman–Crippen MR) is 58.0 cm³/mol. The van der Waals surface area contributed by atoms with Crippen LogP contribution in [0, 0.1) is 5.92 Å². The predicted octanol–water partition coefficient (Wildman–Crippen LogP) is -0.202. The number of fused-ring (bicyclic) bond motifs is 1. The van der Waals surface area contributed by atoms with Crippen LogP contribution in [0.2, 0.25) is 0 Å². The molecule has 0 bridgehead atoms. The second-order valence-corrected chi connectivity index (χ2v) is 3.70. The zero-order valence-electron chi connectivity index (χ0n) is 9.32. The number of hydrogen-bond acceptors (Lipinski definition) is 6. The third-order valence-electron chi connectivity index (χ3n) is 2.04. The molecule has 0 saturated carbocycles. The van der Waals surface area contributed by atoms with Crippen molar-refractivity contribution in [3.05, 3.63) is 28.7 Å². The van der Waals surface area contributed by atoms with E-state index < -0.39 is 11.5 Å². The van der Waals surface area contributed by atoms with E-state index in [1.807, 2.05) is 0 Å². The molecule has 0 aliphatic rings. The molecule has 2 aromatic heterocycles. The molecule has 2 rings (SSSR count). The van der Waals surface area contributed by atoms with Crippen molar-refractivity contribution < 1.29 is 9.63 Å². The van der Waals surface area contributed by atoms with Crippen molar-refractivity contribution in [2.75, 3.05) is 0 Å². The SMILES string of the molecule is CC(C)C(=O)On1nnc2cccnc2c1=O. The summed E-state index contributed by atoms with van der Waals surface area (Å²) >= 11 is 0. The smallest absolute Gasteiger partial charge is 0.314 e. The van der Waals surface area contributed by atoms with E-state index in [9.17, 15) is 9.59 Å². The van der Waals surface area contributed by atoms with Crippen molar-refractivity contribution in [1.82, 2.24) is 20.1 Å². The first-order valence-electron chi connectivity index (χ1n) is 5.02. The highest BCUT2D eigenvalue weighted by Crippen LogP contribution is 1.99. The van der Waals surface area contributed by atoms with Gasteiger partial charge in [0.2, 0.25) is 0 Å². The summed E-state index contributed by atoms with van der Waals surface area (Å²) in [6, 6.07) is 3.24. The Morgan fingerprint density at radius 2 is 2.24 bits per heavy atom. The van der Waals surface area contributed by atoms with Crippen LogP contribution in [0.4, 0.5) is 0 Å². The van der Waals surface area contributed by atoms with E-state index in [2.05, 4.69) is 15.3 Å². The molecular weight excluding hydrogens is 224 g/mol. The Hall–Kier alpha value is -2.31. The summed E-state index contributed by atoms with van der Waals surface area (Å²) in [5.74, 6) is -0.917. The van der Waals surface area contributed by atoms with Crippen LogP contribution >= 0.6 is 0 Å². The molecule has 0 aliphatic carbocycles. The molecule has 0 fully saturated rings. The lowest BCUT2D eigenvalue weighted by molar-refractivity contribution is -0.150. The molecule has 7 nitrogen and oxygen atoms in total. The Morgan fingerprint density at radius 3 is 2.94 bits per heavy atom. The molecule has 0 amide bonds. The van der Waals surface area contributed by atoms with E-state index in [-0.39, 0.29) is 11.4 Å². The van der Waals surface area contributed by atoms with E-state index in [1.54, 1.807) is 26.0 Å². The molecule has 0 saturated heterocycles. The van der Waals surface area contributed by atoms with Crippen LogP contribution in [-0.2, 0) is 4.79 Å². The maximum atomic E-state index is 11.8. The van der Waals surface area contributed by atoms with E-state index in [0.29, 0.717) is 10.4 Å². The van der Waals surface area contributed by atoms with Crippen LogP contribution in [0.5, 0.6) is 0 Å². The summed E-state index contributed by atoms with van der Waals surface area (Å²) in [4.78, 5) is 32.3. The van der Waals surface area contributed by atoms with Gasteiger partial charge in [-0.3, -0.25) is 4.79 Å². The molecule has 17 heavy (non-hydrogen) atoms. The van der Waals surface area contributed by atoms with Gasteiger partial charge in [-0.05, 0) is 22.2 Å². The molecule has 0 aromatic carbocycles. The van der Waals surface area contributed by atoms with E-state index in [1.165, 1.54) is 6.20 Å². The first-order valence-corrected chi connectivity index (χ1v) is 5.02. The molecule has 2 aromatic rings. The topological polar surface area (TPSA) is 87.0 Å². The van der Waals surface area contributed by atoms with Gasteiger partial charge in [0.1, 0.15) is 5.52 Å². The minimum absolute atomic E-state index is 0.110. The lowest BCUT2D eigenvalue weighted by Gasteiger charge is -2.05. The van der Waals surface area contributed by atoms with Crippen molar-refractivity contribution in [1.29, 1.82) is 0 Å². The molecule has 0 N–H and O–H groups in total. The van der Waals surface area contributed by atoms with Crippen LogP contribution < -0.4 is 10.4 Å². The Morgan fingerprint density at radius 1 is 1.47 bits per heavy atom. The first kappa shape index (κ1) is 11.2. The minimum atomic E-state index is -0.607. The van der Waals surface area contributed by atoms with Gasteiger partial charge in [-0.2, -0.15) is 0 Å². The third-order valence-corrected chi connectivity index (χ3v) is 2.04. The van der Waals surface area contributed by atoms with Gasteiger partial charge in [-0.1, -0.05) is 13.8 Å². The fourth-order valence-corrected chi connectivity index (χ4v) is 1.11. The Balaban J connectivity index is 2.47. The summed E-state index contributed by atoms with van der Waals surface area (Å²) in [5.41, 5.74) is -0.141. The normalized spacial score (nSPS) is 10.8. The zero-order valence-corrected chi connectivity index (χ0v) is 9.32. The van der Waals surface area contributed by atoms with Crippen LogP contribution in [-0.4, -0.2) is 26.1 Å². The highest BCUT2D eigenvalue weighted by molar-refractivity contribution is 5.73. The number of pyridine rings is 1. The van der Waals surface area contributed by atoms with E-state index >= 15 is 0 Å². The van der Waals surface area contributed by atoms with Crippen molar-refractivity contribution in [2.45, 2.75) is 13.8 Å². The Kier molecular flexibility index (Phi) is 2.82. The number of carbonyl (C=O) groups excluding carboxylic acids is 1. The molecular formula is C10H10N4O3. The van der Waals surface area contributed by atoms with Gasteiger partial charge < -0.3 is 4.84 Å². The van der Waals surface area contributed by atoms with Gasteiger partial charge in [0, 0.05) is 6.20 Å².